The van der Waals surface area contributed by atoms with Gasteiger partial charge in [-0.2, -0.15) is 0 Å². The molecule has 0 aliphatic heterocycles. The number of rotatable bonds is 4. The summed E-state index contributed by atoms with van der Waals surface area (Å²) >= 11 is 0. The highest BCUT2D eigenvalue weighted by atomic mass is 19.3. The third-order valence-electron chi connectivity index (χ3n) is 2.13. The van der Waals surface area contributed by atoms with Crippen LogP contribution in [0.5, 0.6) is 0 Å². The second kappa shape index (κ2) is 5.02. The molecule has 0 bridgehead atoms. The molecule has 0 unspecified atom stereocenters. The van der Waals surface area contributed by atoms with Crippen molar-refractivity contribution in [3.05, 3.63) is 32.6 Å². The number of nitrogens with one attached hydrogen (secondary N) is 1. The van der Waals surface area contributed by atoms with Gasteiger partial charge in [-0.15, -0.1) is 0 Å². The molecular formula is C9H13F2N3O2. The van der Waals surface area contributed by atoms with E-state index in [4.69, 9.17) is 0 Å². The number of halogens is 2. The highest BCUT2D eigenvalue weighted by molar-refractivity contribution is 5.05. The molecule has 1 heterocycles. The lowest BCUT2D eigenvalue weighted by molar-refractivity contribution is 0.145. The highest BCUT2D eigenvalue weighted by Gasteiger charge is 2.07. The lowest BCUT2D eigenvalue weighted by Gasteiger charge is -2.07. The van der Waals surface area contributed by atoms with Crippen LogP contribution in [0.2, 0.25) is 0 Å². The zero-order chi connectivity index (χ0) is 12.3. The van der Waals surface area contributed by atoms with Gasteiger partial charge in [0.05, 0.1) is 6.54 Å². The normalized spacial score (nSPS) is 11.1. The van der Waals surface area contributed by atoms with Crippen molar-refractivity contribution in [2.45, 2.75) is 13.0 Å². The van der Waals surface area contributed by atoms with Gasteiger partial charge in [0.15, 0.2) is 0 Å². The van der Waals surface area contributed by atoms with Crippen LogP contribution in [-0.2, 0) is 20.6 Å². The predicted molar refractivity (Wildman–Crippen MR) is 54.6 cm³/mol. The Labute approximate surface area is 90.3 Å². The maximum atomic E-state index is 11.9. The fraction of sp³-hybridized carbons (Fsp3) is 0.556. The highest BCUT2D eigenvalue weighted by Crippen LogP contribution is 1.91. The molecule has 5 nitrogen and oxygen atoms in total. The van der Waals surface area contributed by atoms with E-state index in [2.05, 4.69) is 5.32 Å². The summed E-state index contributed by atoms with van der Waals surface area (Å²) in [7, 11) is 2.85. The van der Waals surface area contributed by atoms with E-state index >= 15 is 0 Å². The minimum atomic E-state index is -2.46. The van der Waals surface area contributed by atoms with Crippen LogP contribution in [0.3, 0.4) is 0 Å². The minimum absolute atomic E-state index is 0.0190. The minimum Gasteiger partial charge on any atom is -0.307 e. The van der Waals surface area contributed by atoms with Crippen molar-refractivity contribution in [3.8, 4) is 0 Å². The molecule has 1 rings (SSSR count). The van der Waals surface area contributed by atoms with Gasteiger partial charge < -0.3 is 9.88 Å². The van der Waals surface area contributed by atoms with Gasteiger partial charge in [-0.05, 0) is 0 Å². The largest absolute Gasteiger partial charge is 0.330 e. The fourth-order valence-electron chi connectivity index (χ4n) is 1.32. The van der Waals surface area contributed by atoms with Crippen LogP contribution in [0.4, 0.5) is 8.78 Å². The van der Waals surface area contributed by atoms with Crippen LogP contribution in [0.15, 0.2) is 15.8 Å². The van der Waals surface area contributed by atoms with Crippen LogP contribution in [-0.4, -0.2) is 22.1 Å². The molecule has 1 aromatic rings. The Hall–Kier alpha value is -1.50. The first kappa shape index (κ1) is 12.6. The van der Waals surface area contributed by atoms with Crippen molar-refractivity contribution in [2.75, 3.05) is 6.54 Å². The van der Waals surface area contributed by atoms with E-state index < -0.39 is 24.2 Å². The van der Waals surface area contributed by atoms with Crippen LogP contribution < -0.4 is 16.6 Å². The van der Waals surface area contributed by atoms with Crippen LogP contribution >= 0.6 is 0 Å². The molecule has 0 saturated heterocycles. The second-order valence-corrected chi connectivity index (χ2v) is 3.43. The number of alkyl halides is 2. The predicted octanol–water partition coefficient (Wildman–Crippen LogP) is -0.561. The maximum absolute atomic E-state index is 11.9. The molecule has 16 heavy (non-hydrogen) atoms. The average molecular weight is 233 g/mol. The van der Waals surface area contributed by atoms with E-state index in [0.29, 0.717) is 0 Å². The summed E-state index contributed by atoms with van der Waals surface area (Å²) in [6.45, 7) is -0.461. The summed E-state index contributed by atoms with van der Waals surface area (Å²) in [6, 6.07) is 0. The zero-order valence-corrected chi connectivity index (χ0v) is 9.04. The molecule has 90 valence electrons. The van der Waals surface area contributed by atoms with Crippen LogP contribution in [0, 0.1) is 0 Å². The topological polar surface area (TPSA) is 56.0 Å². The molecule has 7 heteroatoms. The summed E-state index contributed by atoms with van der Waals surface area (Å²) < 4.78 is 25.9. The smallest absolute Gasteiger partial charge is 0.307 e. The number of nitrogens with zero attached hydrogens (tertiary/aromatic N) is 2. The van der Waals surface area contributed by atoms with Crippen molar-refractivity contribution in [1.82, 2.24) is 14.5 Å². The first-order chi connectivity index (χ1) is 7.43. The summed E-state index contributed by atoms with van der Waals surface area (Å²) in [5.74, 6) is 0. The van der Waals surface area contributed by atoms with Gasteiger partial charge in [-0.3, -0.25) is 9.36 Å². The van der Waals surface area contributed by atoms with Crippen molar-refractivity contribution in [3.63, 3.8) is 0 Å². The molecule has 0 radical (unpaired) electrons. The third kappa shape index (κ3) is 2.75. The van der Waals surface area contributed by atoms with Gasteiger partial charge in [0, 0.05) is 32.4 Å². The standard InChI is InChI=1S/C9H13F2N3O2/c1-13-5-6(3-12-4-7(10)11)8(15)14(2)9(13)16/h5,7,12H,3-4H2,1-2H3. The summed E-state index contributed by atoms with van der Waals surface area (Å²) in [5.41, 5.74) is -0.627. The third-order valence-corrected chi connectivity index (χ3v) is 2.13. The first-order valence-corrected chi connectivity index (χ1v) is 4.68. The van der Waals surface area contributed by atoms with E-state index in [1.807, 2.05) is 0 Å². The molecule has 1 aromatic heterocycles. The number of aryl methyl sites for hydroxylation is 1. The van der Waals surface area contributed by atoms with E-state index in [1.54, 1.807) is 0 Å². The Morgan fingerprint density at radius 2 is 2.00 bits per heavy atom. The van der Waals surface area contributed by atoms with Gasteiger partial charge in [0.2, 0.25) is 0 Å². The van der Waals surface area contributed by atoms with Gasteiger partial charge in [0.1, 0.15) is 0 Å². The Balaban J connectivity index is 2.90. The van der Waals surface area contributed by atoms with Crippen molar-refractivity contribution in [1.29, 1.82) is 0 Å². The molecule has 0 fully saturated rings. The SMILES string of the molecule is Cn1cc(CNCC(F)F)c(=O)n(C)c1=O. The van der Waals surface area contributed by atoms with Crippen molar-refractivity contribution < 1.29 is 8.78 Å². The molecule has 0 aliphatic rings. The number of hydrogen-bond acceptors (Lipinski definition) is 3. The lowest BCUT2D eigenvalue weighted by atomic mass is 10.3. The van der Waals surface area contributed by atoms with Crippen LogP contribution in [0.25, 0.3) is 0 Å². The molecule has 0 saturated carbocycles. The Kier molecular flexibility index (Phi) is 3.94. The summed E-state index contributed by atoms with van der Waals surface area (Å²) in [6.07, 6.45) is -1.11. The van der Waals surface area contributed by atoms with E-state index in [0.717, 1.165) is 4.57 Å². The molecule has 1 N–H and O–H groups in total. The van der Waals surface area contributed by atoms with Crippen molar-refractivity contribution in [2.24, 2.45) is 14.1 Å². The van der Waals surface area contributed by atoms with Crippen molar-refractivity contribution >= 4 is 0 Å². The number of hydrogen-bond donors (Lipinski definition) is 1. The van der Waals surface area contributed by atoms with Gasteiger partial charge in [0.25, 0.3) is 12.0 Å². The second-order valence-electron chi connectivity index (χ2n) is 3.43. The average Bonchev–Trinajstić information content (AvgIpc) is 2.22. The molecule has 0 atom stereocenters. The summed E-state index contributed by atoms with van der Waals surface area (Å²) in [4.78, 5) is 22.8. The van der Waals surface area contributed by atoms with Gasteiger partial charge >= 0.3 is 5.69 Å². The molecule has 0 amide bonds. The Morgan fingerprint density at radius 3 is 2.56 bits per heavy atom. The summed E-state index contributed by atoms with van der Waals surface area (Å²) in [5, 5.41) is 2.44. The lowest BCUT2D eigenvalue weighted by Crippen LogP contribution is -2.39. The zero-order valence-electron chi connectivity index (χ0n) is 9.04. The molecule has 0 aromatic carbocycles. The monoisotopic (exact) mass is 233 g/mol. The van der Waals surface area contributed by atoms with E-state index in [9.17, 15) is 18.4 Å². The van der Waals surface area contributed by atoms with E-state index in [1.165, 1.54) is 24.9 Å². The molecule has 0 aliphatic carbocycles. The van der Waals surface area contributed by atoms with Gasteiger partial charge in [-0.25, -0.2) is 13.6 Å². The quantitative estimate of drug-likeness (QED) is 0.758. The Bertz CT molecular complexity index is 479. The van der Waals surface area contributed by atoms with Gasteiger partial charge in [-0.1, -0.05) is 0 Å². The Morgan fingerprint density at radius 1 is 1.38 bits per heavy atom. The fourth-order valence-corrected chi connectivity index (χ4v) is 1.32. The molecular weight excluding hydrogens is 220 g/mol. The first-order valence-electron chi connectivity index (χ1n) is 4.68. The van der Waals surface area contributed by atoms with Crippen LogP contribution in [0.1, 0.15) is 5.56 Å². The maximum Gasteiger partial charge on any atom is 0.330 e. The number of aromatic nitrogens is 2. The van der Waals surface area contributed by atoms with E-state index in [-0.39, 0.29) is 12.1 Å². The molecule has 0 spiro atoms.